The fourth-order valence-electron chi connectivity index (χ4n) is 5.74. The average molecular weight is 644 g/mol. The molecule has 1 aliphatic heterocycles. The third kappa shape index (κ3) is 7.74. The number of halogens is 1. The van der Waals surface area contributed by atoms with Crippen LogP contribution in [0.5, 0.6) is 23.1 Å². The van der Waals surface area contributed by atoms with E-state index in [0.717, 1.165) is 48.2 Å². The Bertz CT molecular complexity index is 1750. The second-order valence-corrected chi connectivity index (χ2v) is 11.9. The number of nitrogens with zero attached hydrogens (tertiary/aromatic N) is 4. The van der Waals surface area contributed by atoms with Crippen molar-refractivity contribution >= 4 is 23.4 Å². The molecule has 0 saturated carbocycles. The normalized spacial score (nSPS) is 14.8. The Morgan fingerprint density at radius 2 is 1.83 bits per heavy atom. The summed E-state index contributed by atoms with van der Waals surface area (Å²) in [6.07, 6.45) is 1.47. The molecule has 11 heteroatoms. The molecule has 0 spiro atoms. The molecular weight excluding hydrogens is 601 g/mol. The highest BCUT2D eigenvalue weighted by Crippen LogP contribution is 2.37. The second kappa shape index (κ2) is 14.7. The highest BCUT2D eigenvalue weighted by molar-refractivity contribution is 5.91. The predicted octanol–water partition coefficient (Wildman–Crippen LogP) is 7.32. The topological polar surface area (TPSA) is 98.3 Å². The van der Waals surface area contributed by atoms with Crippen molar-refractivity contribution in [2.24, 2.45) is 5.92 Å². The largest absolute Gasteiger partial charge is 0.493 e. The third-order valence-electron chi connectivity index (χ3n) is 8.63. The van der Waals surface area contributed by atoms with Crippen LogP contribution in [-0.2, 0) is 0 Å². The third-order valence-corrected chi connectivity index (χ3v) is 8.63. The van der Waals surface area contributed by atoms with Crippen molar-refractivity contribution in [3.63, 3.8) is 0 Å². The van der Waals surface area contributed by atoms with Crippen molar-refractivity contribution in [3.05, 3.63) is 77.1 Å². The fourth-order valence-corrected chi connectivity index (χ4v) is 5.74. The number of carbonyl (C=O) groups is 1. The van der Waals surface area contributed by atoms with Crippen LogP contribution in [0.1, 0.15) is 29.5 Å². The number of piperidine rings is 1. The fraction of sp³-hybridized carbons (Fsp3) is 0.361. The lowest BCUT2D eigenvalue weighted by Gasteiger charge is -2.29. The molecule has 1 saturated heterocycles. The first-order valence-electron chi connectivity index (χ1n) is 15.6. The van der Waals surface area contributed by atoms with E-state index in [-0.39, 0.29) is 17.6 Å². The molecule has 1 unspecified atom stereocenters. The van der Waals surface area contributed by atoms with Gasteiger partial charge in [0.1, 0.15) is 0 Å². The summed E-state index contributed by atoms with van der Waals surface area (Å²) in [5.41, 5.74) is 5.54. The predicted molar refractivity (Wildman–Crippen MR) is 181 cm³/mol. The van der Waals surface area contributed by atoms with Gasteiger partial charge in [0.05, 0.1) is 32.2 Å². The van der Waals surface area contributed by atoms with Gasteiger partial charge in [-0.15, -0.1) is 0 Å². The molecule has 0 aliphatic carbocycles. The van der Waals surface area contributed by atoms with Crippen LogP contribution in [0.25, 0.3) is 11.3 Å². The smallest absolute Gasteiger partial charge is 0.420 e. The van der Waals surface area contributed by atoms with E-state index in [1.807, 2.05) is 32.9 Å². The van der Waals surface area contributed by atoms with E-state index < -0.39 is 11.9 Å². The average Bonchev–Trinajstić information content (AvgIpc) is 3.06. The minimum absolute atomic E-state index is 0.00622. The zero-order chi connectivity index (χ0) is 33.7. The number of amides is 1. The van der Waals surface area contributed by atoms with Crippen molar-refractivity contribution in [2.45, 2.75) is 33.6 Å². The van der Waals surface area contributed by atoms with Crippen LogP contribution in [0.3, 0.4) is 0 Å². The maximum absolute atomic E-state index is 15.2. The minimum Gasteiger partial charge on any atom is -0.493 e. The van der Waals surface area contributed by atoms with Crippen molar-refractivity contribution in [1.82, 2.24) is 14.9 Å². The summed E-state index contributed by atoms with van der Waals surface area (Å²) in [5, 5.41) is 3.08. The molecule has 2 heterocycles. The zero-order valence-electron chi connectivity index (χ0n) is 28.0. The van der Waals surface area contributed by atoms with Gasteiger partial charge in [-0.3, -0.25) is 4.90 Å². The molecule has 1 N–H and O–H groups in total. The van der Waals surface area contributed by atoms with Crippen LogP contribution in [0.4, 0.5) is 26.5 Å². The molecule has 4 aromatic rings. The summed E-state index contributed by atoms with van der Waals surface area (Å²) in [5.74, 6) is 1.04. The second-order valence-electron chi connectivity index (χ2n) is 11.9. The van der Waals surface area contributed by atoms with Gasteiger partial charge >= 0.3 is 6.09 Å². The SMILES string of the molecule is COc1cccc(N(C)C(=O)Oc2cc(-c3ccc(C)c(C)c3C)nc(Nc3ccc(OCC4CCCN(C)C4)c(F)c3)n2)c1OC. The van der Waals surface area contributed by atoms with Gasteiger partial charge in [-0.25, -0.2) is 14.2 Å². The quantitative estimate of drug-likeness (QED) is 0.191. The number of nitrogens with one attached hydrogen (secondary N) is 1. The van der Waals surface area contributed by atoms with Gasteiger partial charge in [-0.1, -0.05) is 18.2 Å². The van der Waals surface area contributed by atoms with Gasteiger partial charge in [0.2, 0.25) is 11.8 Å². The lowest BCUT2D eigenvalue weighted by Crippen LogP contribution is -2.34. The highest BCUT2D eigenvalue weighted by Gasteiger charge is 2.22. The van der Waals surface area contributed by atoms with Gasteiger partial charge in [0.25, 0.3) is 0 Å². The Kier molecular flexibility index (Phi) is 10.5. The monoisotopic (exact) mass is 643 g/mol. The highest BCUT2D eigenvalue weighted by atomic mass is 19.1. The molecule has 248 valence electrons. The number of benzene rings is 3. The van der Waals surface area contributed by atoms with E-state index in [0.29, 0.717) is 41.1 Å². The molecule has 47 heavy (non-hydrogen) atoms. The Morgan fingerprint density at radius 3 is 2.55 bits per heavy atom. The van der Waals surface area contributed by atoms with Gasteiger partial charge in [-0.2, -0.15) is 4.98 Å². The van der Waals surface area contributed by atoms with Crippen LogP contribution >= 0.6 is 0 Å². The van der Waals surface area contributed by atoms with Crippen LogP contribution in [-0.4, -0.2) is 69.0 Å². The molecule has 10 nitrogen and oxygen atoms in total. The number of anilines is 3. The van der Waals surface area contributed by atoms with Crippen LogP contribution in [0.15, 0.2) is 54.6 Å². The first kappa shape index (κ1) is 33.5. The Labute approximate surface area is 275 Å². The van der Waals surface area contributed by atoms with E-state index in [1.54, 1.807) is 43.4 Å². The molecule has 1 aliphatic rings. The maximum atomic E-state index is 15.2. The summed E-state index contributed by atoms with van der Waals surface area (Å²) in [6, 6.07) is 15.4. The summed E-state index contributed by atoms with van der Waals surface area (Å²) in [6.45, 7) is 8.58. The van der Waals surface area contributed by atoms with Crippen LogP contribution in [0, 0.1) is 32.5 Å². The van der Waals surface area contributed by atoms with Gasteiger partial charge in [0.15, 0.2) is 23.1 Å². The van der Waals surface area contributed by atoms with Gasteiger partial charge in [0, 0.05) is 42.9 Å². The van der Waals surface area contributed by atoms with E-state index >= 15 is 4.39 Å². The first-order chi connectivity index (χ1) is 22.6. The number of rotatable bonds is 10. The first-order valence-corrected chi connectivity index (χ1v) is 15.6. The number of para-hydroxylation sites is 1. The molecule has 1 aromatic heterocycles. The number of likely N-dealkylation sites (tertiary alicyclic amines) is 1. The van der Waals surface area contributed by atoms with Crippen LogP contribution in [0.2, 0.25) is 0 Å². The van der Waals surface area contributed by atoms with E-state index in [2.05, 4.69) is 22.2 Å². The Balaban J connectivity index is 1.42. The van der Waals surface area contributed by atoms with Crippen molar-refractivity contribution in [3.8, 4) is 34.4 Å². The number of aryl methyl sites for hydroxylation is 1. The minimum atomic E-state index is -0.708. The zero-order valence-corrected chi connectivity index (χ0v) is 28.0. The lowest BCUT2D eigenvalue weighted by molar-refractivity contribution is 0.147. The number of hydrogen-bond donors (Lipinski definition) is 1. The molecular formula is C36H42FN5O5. The molecule has 1 fully saturated rings. The van der Waals surface area contributed by atoms with Gasteiger partial charge < -0.3 is 29.2 Å². The number of methoxy groups -OCH3 is 2. The van der Waals surface area contributed by atoms with Gasteiger partial charge in [-0.05, 0) is 88.2 Å². The molecule has 5 rings (SSSR count). The Morgan fingerprint density at radius 1 is 1.02 bits per heavy atom. The molecule has 1 amide bonds. The van der Waals surface area contributed by atoms with Crippen molar-refractivity contribution in [2.75, 3.05) is 58.2 Å². The van der Waals surface area contributed by atoms with E-state index in [1.165, 1.54) is 25.2 Å². The van der Waals surface area contributed by atoms with Crippen molar-refractivity contribution in [1.29, 1.82) is 0 Å². The number of carbonyl (C=O) groups excluding carboxylic acids is 1. The summed E-state index contributed by atoms with van der Waals surface area (Å²) >= 11 is 0. The van der Waals surface area contributed by atoms with E-state index in [4.69, 9.17) is 23.9 Å². The lowest BCUT2D eigenvalue weighted by atomic mass is 9.97. The molecule has 0 radical (unpaired) electrons. The summed E-state index contributed by atoms with van der Waals surface area (Å²) < 4.78 is 37.7. The maximum Gasteiger partial charge on any atom is 0.420 e. The van der Waals surface area contributed by atoms with E-state index in [9.17, 15) is 4.79 Å². The molecule has 1 atom stereocenters. The molecule has 3 aromatic carbocycles. The number of hydrogen-bond acceptors (Lipinski definition) is 9. The Hall–Kier alpha value is -4.90. The summed E-state index contributed by atoms with van der Waals surface area (Å²) in [7, 11) is 6.67. The van der Waals surface area contributed by atoms with Crippen LogP contribution < -0.4 is 29.2 Å². The standard InChI is InChI=1S/C36H42FN5O5/c1-22-13-15-27(24(3)23(22)2)29-19-33(47-36(43)42(5)30-11-8-12-32(44-6)34(30)45-7)40-35(39-29)38-26-14-16-31(28(37)18-26)46-21-25-10-9-17-41(4)20-25/h8,11-16,18-19,25H,9-10,17,20-21H2,1-7H3,(H,38,39,40). The number of ether oxygens (including phenoxy) is 4. The summed E-state index contributed by atoms with van der Waals surface area (Å²) in [4.78, 5) is 26.2. The molecule has 0 bridgehead atoms. The number of aromatic nitrogens is 2. The van der Waals surface area contributed by atoms with Crippen molar-refractivity contribution < 1.29 is 28.1 Å².